The van der Waals surface area contributed by atoms with Crippen LogP contribution in [0.5, 0.6) is 0 Å². The van der Waals surface area contributed by atoms with Gasteiger partial charge in [0.15, 0.2) is 12.1 Å². The molecule has 0 saturated heterocycles. The number of benzene rings is 3. The largest absolute Gasteiger partial charge is 0.370 e. The molecule has 1 aliphatic rings. The zero-order valence-corrected chi connectivity index (χ0v) is 16.3. The number of para-hydroxylation sites is 2. The average molecular weight is 406 g/mol. The predicted molar refractivity (Wildman–Crippen MR) is 115 cm³/mol. The number of imidazole rings is 1. The number of fused-ring (bicyclic) bond motifs is 3. The van der Waals surface area contributed by atoms with E-state index in [9.17, 15) is 0 Å². The number of rotatable bonds is 3. The first-order valence-corrected chi connectivity index (χ1v) is 9.97. The lowest BCUT2D eigenvalue weighted by Gasteiger charge is -2.24. The summed E-state index contributed by atoms with van der Waals surface area (Å²) in [6, 6.07) is 24.2. The fraction of sp³-hybridized carbons (Fsp3) is 0.0476. The summed E-state index contributed by atoms with van der Waals surface area (Å²) in [4.78, 5) is 11.5. The van der Waals surface area contributed by atoms with Crippen molar-refractivity contribution in [1.82, 2.24) is 9.55 Å². The second-order valence-electron chi connectivity index (χ2n) is 6.43. The van der Waals surface area contributed by atoms with Crippen LogP contribution in [0.4, 0.5) is 5.95 Å². The molecule has 0 radical (unpaired) electrons. The third-order valence-corrected chi connectivity index (χ3v) is 5.84. The maximum absolute atomic E-state index is 6.01. The van der Waals surface area contributed by atoms with Gasteiger partial charge in [-0.25, -0.2) is 9.98 Å². The summed E-state index contributed by atoms with van der Waals surface area (Å²) < 4.78 is 2.08. The molecule has 1 atom stereocenters. The average Bonchev–Trinajstić information content (AvgIpc) is 3.08. The molecule has 2 heterocycles. The number of hydrogen-bond donors (Lipinski definition) is 2. The van der Waals surface area contributed by atoms with Gasteiger partial charge in [0.2, 0.25) is 5.95 Å². The van der Waals surface area contributed by atoms with Crippen LogP contribution in [-0.2, 0) is 0 Å². The van der Waals surface area contributed by atoms with Crippen LogP contribution in [0, 0.1) is 0 Å². The first-order valence-electron chi connectivity index (χ1n) is 8.78. The quantitative estimate of drug-likeness (QED) is 0.496. The maximum Gasteiger partial charge on any atom is 0.212 e. The second kappa shape index (κ2) is 6.89. The molecule has 1 aliphatic heterocycles. The van der Waals surface area contributed by atoms with Crippen LogP contribution in [-0.4, -0.2) is 15.5 Å². The number of aromatic nitrogens is 2. The van der Waals surface area contributed by atoms with Gasteiger partial charge in [0.1, 0.15) is 0 Å². The van der Waals surface area contributed by atoms with Gasteiger partial charge in [-0.15, -0.1) is 0 Å². The van der Waals surface area contributed by atoms with Gasteiger partial charge in [0.05, 0.1) is 11.0 Å². The van der Waals surface area contributed by atoms with Crippen LogP contribution in [0.25, 0.3) is 11.0 Å². The van der Waals surface area contributed by atoms with Gasteiger partial charge < -0.3 is 5.73 Å². The Bertz CT molecular complexity index is 1180. The molecule has 5 rings (SSSR count). The van der Waals surface area contributed by atoms with Crippen molar-refractivity contribution >= 4 is 46.3 Å². The molecule has 5 nitrogen and oxygen atoms in total. The molecule has 28 heavy (non-hydrogen) atoms. The number of nitrogens with zero attached hydrogens (tertiary/aromatic N) is 3. The van der Waals surface area contributed by atoms with Gasteiger partial charge in [0, 0.05) is 14.8 Å². The van der Waals surface area contributed by atoms with Crippen molar-refractivity contribution in [3.63, 3.8) is 0 Å². The molecule has 0 bridgehead atoms. The van der Waals surface area contributed by atoms with E-state index in [1.54, 1.807) is 11.8 Å². The first-order chi connectivity index (χ1) is 13.7. The number of aliphatic imine (C=N–C) groups is 1. The number of guanidine groups is 1. The van der Waals surface area contributed by atoms with E-state index in [1.165, 1.54) is 0 Å². The molecule has 0 saturated carbocycles. The van der Waals surface area contributed by atoms with Crippen molar-refractivity contribution in [1.29, 1.82) is 0 Å². The Kier molecular flexibility index (Phi) is 4.22. The van der Waals surface area contributed by atoms with E-state index in [-0.39, 0.29) is 6.17 Å². The first kappa shape index (κ1) is 17.2. The van der Waals surface area contributed by atoms with Gasteiger partial charge in [-0.05, 0) is 54.1 Å². The summed E-state index contributed by atoms with van der Waals surface area (Å²) in [7, 11) is 0. The zero-order valence-electron chi connectivity index (χ0n) is 14.7. The van der Waals surface area contributed by atoms with Gasteiger partial charge in [-0.3, -0.25) is 9.88 Å². The Morgan fingerprint density at radius 1 is 0.929 bits per heavy atom. The Balaban J connectivity index is 1.49. The molecule has 138 valence electrons. The maximum atomic E-state index is 6.01. The minimum absolute atomic E-state index is 0.252. The highest BCUT2D eigenvalue weighted by Gasteiger charge is 2.24. The monoisotopic (exact) mass is 405 g/mol. The minimum atomic E-state index is -0.252. The lowest BCUT2D eigenvalue weighted by Crippen LogP contribution is -2.31. The van der Waals surface area contributed by atoms with Crippen molar-refractivity contribution in [3.05, 3.63) is 83.4 Å². The van der Waals surface area contributed by atoms with E-state index in [1.807, 2.05) is 48.5 Å². The van der Waals surface area contributed by atoms with Crippen LogP contribution in [0.3, 0.4) is 0 Å². The molecule has 0 aliphatic carbocycles. The predicted octanol–water partition coefficient (Wildman–Crippen LogP) is 5.13. The normalized spacial score (nSPS) is 15.8. The number of anilines is 1. The van der Waals surface area contributed by atoms with Crippen LogP contribution in [0.15, 0.2) is 87.6 Å². The summed E-state index contributed by atoms with van der Waals surface area (Å²) in [5.41, 5.74) is 9.00. The van der Waals surface area contributed by atoms with Gasteiger partial charge in [0.25, 0.3) is 0 Å². The third kappa shape index (κ3) is 3.10. The number of hydrogen-bond acceptors (Lipinski definition) is 5. The molecule has 7 heteroatoms. The Hall–Kier alpha value is -2.96. The molecule has 0 amide bonds. The highest BCUT2D eigenvalue weighted by atomic mass is 35.5. The van der Waals surface area contributed by atoms with Crippen molar-refractivity contribution in [3.8, 4) is 0 Å². The van der Waals surface area contributed by atoms with Crippen LogP contribution < -0.4 is 11.1 Å². The van der Waals surface area contributed by atoms with Crippen LogP contribution in [0.2, 0.25) is 5.02 Å². The Morgan fingerprint density at radius 3 is 2.36 bits per heavy atom. The van der Waals surface area contributed by atoms with Gasteiger partial charge >= 0.3 is 0 Å². The second-order valence-corrected chi connectivity index (χ2v) is 8.02. The number of halogens is 1. The topological polar surface area (TPSA) is 68.2 Å². The summed E-state index contributed by atoms with van der Waals surface area (Å²) in [6.45, 7) is 0. The highest BCUT2D eigenvalue weighted by molar-refractivity contribution is 7.99. The fourth-order valence-electron chi connectivity index (χ4n) is 3.29. The van der Waals surface area contributed by atoms with E-state index in [0.29, 0.717) is 11.9 Å². The van der Waals surface area contributed by atoms with Crippen molar-refractivity contribution in [2.24, 2.45) is 10.7 Å². The molecule has 4 aromatic rings. The van der Waals surface area contributed by atoms with Crippen molar-refractivity contribution in [2.75, 3.05) is 5.32 Å². The Labute approximate surface area is 171 Å². The van der Waals surface area contributed by atoms with Crippen LogP contribution in [0.1, 0.15) is 11.7 Å². The van der Waals surface area contributed by atoms with E-state index in [2.05, 4.69) is 44.1 Å². The molecule has 0 spiro atoms. The lowest BCUT2D eigenvalue weighted by molar-refractivity contribution is 0.625. The highest BCUT2D eigenvalue weighted by Crippen LogP contribution is 2.34. The molecule has 3 N–H and O–H groups in total. The molecule has 0 fully saturated rings. The Morgan fingerprint density at radius 2 is 1.61 bits per heavy atom. The number of nitrogens with one attached hydrogen (secondary N) is 1. The fourth-order valence-corrected chi connectivity index (χ4v) is 4.23. The summed E-state index contributed by atoms with van der Waals surface area (Å²) >= 11 is 7.65. The minimum Gasteiger partial charge on any atom is -0.370 e. The standard InChI is InChI=1S/C21H16ClN5S/c22-14-7-11-16(12-8-14)28-15-9-5-13(6-10-15)19-25-20(23)26-21-24-17-3-1-2-4-18(17)27(19)21/h1-12,19H,(H3,23,24,25,26). The molecular formula is C21H16ClN5S. The summed E-state index contributed by atoms with van der Waals surface area (Å²) in [6.07, 6.45) is -0.252. The number of nitrogens with two attached hydrogens (primary N) is 1. The smallest absolute Gasteiger partial charge is 0.212 e. The zero-order chi connectivity index (χ0) is 19.1. The SMILES string of the molecule is NC1=NC(c2ccc(Sc3ccc(Cl)cc3)cc2)n2c(nc3ccccc32)N1. The molecule has 1 aromatic heterocycles. The third-order valence-electron chi connectivity index (χ3n) is 4.57. The van der Waals surface area contributed by atoms with E-state index < -0.39 is 0 Å². The van der Waals surface area contributed by atoms with E-state index in [0.717, 1.165) is 31.4 Å². The van der Waals surface area contributed by atoms with Crippen molar-refractivity contribution in [2.45, 2.75) is 16.0 Å². The summed E-state index contributed by atoms with van der Waals surface area (Å²) in [5.74, 6) is 1.07. The molecule has 1 unspecified atom stereocenters. The van der Waals surface area contributed by atoms with Gasteiger partial charge in [-0.1, -0.05) is 47.6 Å². The summed E-state index contributed by atoms with van der Waals surface area (Å²) in [5, 5.41) is 3.80. The van der Waals surface area contributed by atoms with E-state index >= 15 is 0 Å². The molecule has 3 aromatic carbocycles. The van der Waals surface area contributed by atoms with E-state index in [4.69, 9.17) is 17.3 Å². The lowest BCUT2D eigenvalue weighted by atomic mass is 10.1. The van der Waals surface area contributed by atoms with Gasteiger partial charge in [-0.2, -0.15) is 0 Å². The molecular weight excluding hydrogens is 390 g/mol. The van der Waals surface area contributed by atoms with Crippen LogP contribution >= 0.6 is 23.4 Å². The van der Waals surface area contributed by atoms with Crippen molar-refractivity contribution < 1.29 is 0 Å².